The third kappa shape index (κ3) is 5.70. The molecule has 4 aliphatic carbocycles. The van der Waals surface area contributed by atoms with Crippen molar-refractivity contribution >= 4 is 35.1 Å². The molecule has 0 spiro atoms. The highest BCUT2D eigenvalue weighted by molar-refractivity contribution is 6.26. The molecule has 4 rings (SSSR count). The van der Waals surface area contributed by atoms with Gasteiger partial charge in [-0.1, -0.05) is 46.3 Å². The number of alkyl halides is 2. The van der Waals surface area contributed by atoms with Crippen LogP contribution in [-0.4, -0.2) is 48.6 Å². The lowest BCUT2D eigenvalue weighted by Crippen LogP contribution is -2.66. The molecule has 0 N–H and O–H groups in total. The number of esters is 2. The minimum absolute atomic E-state index is 0.0405. The van der Waals surface area contributed by atoms with Gasteiger partial charge in [-0.3, -0.25) is 9.59 Å². The molecule has 0 radical (unpaired) electrons. The summed E-state index contributed by atoms with van der Waals surface area (Å²) in [7, 11) is 1.78. The molecule has 0 aromatic rings. The molecule has 0 saturated heterocycles. The number of carbonyl (C=O) groups excluding carboxylic acids is 2. The van der Waals surface area contributed by atoms with Crippen molar-refractivity contribution < 1.29 is 23.8 Å². The second-order valence-electron chi connectivity index (χ2n) is 16.0. The van der Waals surface area contributed by atoms with Crippen molar-refractivity contribution in [2.24, 2.45) is 45.3 Å². The van der Waals surface area contributed by atoms with E-state index in [-0.39, 0.29) is 69.1 Å². The summed E-state index contributed by atoms with van der Waals surface area (Å²) in [5, 5.41) is 0. The van der Waals surface area contributed by atoms with Gasteiger partial charge in [-0.15, -0.1) is 23.2 Å². The fourth-order valence-corrected chi connectivity index (χ4v) is 11.0. The van der Waals surface area contributed by atoms with E-state index in [2.05, 4.69) is 61.5 Å². The SMILES string of the molecule is COC(C)(C)CC/C=C(/C)[C@H]1CC[C@]2(C)[C@@H]1[C@H](OC(=O)CCl)C[C@@H]1[C@@]3(C)CC[C@H](OC(=O)CCl)C(C)(C)[C@@H]3CC[C@]12C. The summed E-state index contributed by atoms with van der Waals surface area (Å²) in [6.45, 7) is 18.7. The Bertz CT molecular complexity index is 1050. The van der Waals surface area contributed by atoms with Gasteiger partial charge in [0.15, 0.2) is 0 Å². The second-order valence-corrected chi connectivity index (χ2v) is 16.5. The quantitative estimate of drug-likeness (QED) is 0.145. The maximum atomic E-state index is 12.8. The van der Waals surface area contributed by atoms with Crippen LogP contribution in [0.4, 0.5) is 0 Å². The van der Waals surface area contributed by atoms with Gasteiger partial charge >= 0.3 is 11.9 Å². The molecule has 7 heteroatoms. The van der Waals surface area contributed by atoms with Gasteiger partial charge < -0.3 is 14.2 Å². The Morgan fingerprint density at radius 2 is 1.50 bits per heavy atom. The van der Waals surface area contributed by atoms with Crippen molar-refractivity contribution in [3.63, 3.8) is 0 Å². The Morgan fingerprint density at radius 1 is 0.881 bits per heavy atom. The van der Waals surface area contributed by atoms with Gasteiger partial charge in [-0.25, -0.2) is 0 Å². The maximum Gasteiger partial charge on any atom is 0.321 e. The smallest absolute Gasteiger partial charge is 0.321 e. The molecule has 0 aromatic heterocycles. The van der Waals surface area contributed by atoms with E-state index in [0.29, 0.717) is 17.8 Å². The summed E-state index contributed by atoms with van der Waals surface area (Å²) < 4.78 is 17.9. The predicted octanol–water partition coefficient (Wildman–Crippen LogP) is 8.73. The first kappa shape index (κ1) is 34.1. The highest BCUT2D eigenvalue weighted by atomic mass is 35.5. The van der Waals surface area contributed by atoms with Crippen LogP contribution in [0, 0.1) is 45.3 Å². The van der Waals surface area contributed by atoms with Crippen LogP contribution >= 0.6 is 23.2 Å². The fraction of sp³-hybridized carbons (Fsp3) is 0.886. The Labute approximate surface area is 265 Å². The topological polar surface area (TPSA) is 61.8 Å². The van der Waals surface area contributed by atoms with Crippen LogP contribution in [0.2, 0.25) is 0 Å². The molecule has 0 bridgehead atoms. The molecule has 4 aliphatic rings. The van der Waals surface area contributed by atoms with E-state index in [0.717, 1.165) is 57.8 Å². The van der Waals surface area contributed by atoms with Gasteiger partial charge in [0.05, 0.1) is 5.60 Å². The first-order chi connectivity index (χ1) is 19.5. The van der Waals surface area contributed by atoms with Gasteiger partial charge in [0.25, 0.3) is 0 Å². The zero-order chi connectivity index (χ0) is 31.3. The van der Waals surface area contributed by atoms with Crippen molar-refractivity contribution in [3.05, 3.63) is 11.6 Å². The van der Waals surface area contributed by atoms with Gasteiger partial charge in [-0.2, -0.15) is 0 Å². The lowest BCUT2D eigenvalue weighted by atomic mass is 9.35. The highest BCUT2D eigenvalue weighted by Crippen LogP contribution is 2.76. The average molecular weight is 628 g/mol. The number of allylic oxidation sites excluding steroid dienone is 2. The first-order valence-electron chi connectivity index (χ1n) is 16.2. The second kappa shape index (κ2) is 12.2. The Hall–Kier alpha value is -0.780. The minimum atomic E-state index is -0.328. The number of hydrogen-bond acceptors (Lipinski definition) is 5. The molecule has 4 fully saturated rings. The molecule has 42 heavy (non-hydrogen) atoms. The summed E-state index contributed by atoms with van der Waals surface area (Å²) in [5.41, 5.74) is 1.33. The van der Waals surface area contributed by atoms with E-state index >= 15 is 0 Å². The van der Waals surface area contributed by atoms with Crippen molar-refractivity contribution in [3.8, 4) is 0 Å². The van der Waals surface area contributed by atoms with Gasteiger partial charge in [0, 0.05) is 18.4 Å². The first-order valence-corrected chi connectivity index (χ1v) is 17.3. The van der Waals surface area contributed by atoms with Gasteiger partial charge in [0.2, 0.25) is 0 Å². The van der Waals surface area contributed by atoms with Crippen LogP contribution in [0.15, 0.2) is 11.6 Å². The van der Waals surface area contributed by atoms with E-state index in [1.165, 1.54) is 5.57 Å². The monoisotopic (exact) mass is 626 g/mol. The zero-order valence-electron chi connectivity index (χ0n) is 27.6. The van der Waals surface area contributed by atoms with Crippen molar-refractivity contribution in [2.75, 3.05) is 18.9 Å². The summed E-state index contributed by atoms with van der Waals surface area (Å²) in [6, 6.07) is 0. The van der Waals surface area contributed by atoms with Crippen LogP contribution in [0.1, 0.15) is 113 Å². The van der Waals surface area contributed by atoms with Gasteiger partial charge in [-0.05, 0) is 113 Å². The molecular weight excluding hydrogens is 571 g/mol. The lowest BCUT2D eigenvalue weighted by molar-refractivity contribution is -0.246. The normalized spacial score (nSPS) is 41.4. The minimum Gasteiger partial charge on any atom is -0.461 e. The molecule has 0 aromatic carbocycles. The fourth-order valence-electron chi connectivity index (χ4n) is 10.8. The van der Waals surface area contributed by atoms with Crippen LogP contribution in [0.5, 0.6) is 0 Å². The van der Waals surface area contributed by atoms with E-state index in [1.54, 1.807) is 7.11 Å². The Morgan fingerprint density at radius 3 is 2.12 bits per heavy atom. The summed E-state index contributed by atoms with van der Waals surface area (Å²) in [4.78, 5) is 25.0. The van der Waals surface area contributed by atoms with E-state index < -0.39 is 0 Å². The van der Waals surface area contributed by atoms with Crippen LogP contribution in [0.3, 0.4) is 0 Å². The summed E-state index contributed by atoms with van der Waals surface area (Å²) in [6.07, 6.45) is 11.3. The molecule has 5 nitrogen and oxygen atoms in total. The molecule has 9 atom stereocenters. The van der Waals surface area contributed by atoms with Crippen LogP contribution in [-0.2, 0) is 23.8 Å². The van der Waals surface area contributed by atoms with Crippen molar-refractivity contribution in [1.82, 2.24) is 0 Å². The van der Waals surface area contributed by atoms with E-state index in [1.807, 2.05) is 0 Å². The van der Waals surface area contributed by atoms with E-state index in [9.17, 15) is 9.59 Å². The highest BCUT2D eigenvalue weighted by Gasteiger charge is 2.71. The molecule has 240 valence electrons. The molecule has 0 amide bonds. The molecule has 0 aliphatic heterocycles. The van der Waals surface area contributed by atoms with Crippen LogP contribution in [0.25, 0.3) is 0 Å². The third-order valence-corrected chi connectivity index (χ3v) is 13.9. The summed E-state index contributed by atoms with van der Waals surface area (Å²) in [5.74, 6) is 0.592. The van der Waals surface area contributed by atoms with Gasteiger partial charge in [0.1, 0.15) is 24.0 Å². The number of methoxy groups -OCH3 is 1. The molecular formula is C35H56Cl2O5. The molecule has 0 unspecified atom stereocenters. The Kier molecular flexibility index (Phi) is 9.90. The maximum absolute atomic E-state index is 12.8. The number of hydrogen-bond donors (Lipinski definition) is 0. The van der Waals surface area contributed by atoms with Crippen LogP contribution < -0.4 is 0 Å². The van der Waals surface area contributed by atoms with Crippen molar-refractivity contribution in [1.29, 1.82) is 0 Å². The largest absolute Gasteiger partial charge is 0.461 e. The number of halogens is 2. The van der Waals surface area contributed by atoms with Crippen molar-refractivity contribution in [2.45, 2.75) is 131 Å². The number of ether oxygens (including phenoxy) is 3. The molecule has 4 saturated carbocycles. The lowest BCUT2D eigenvalue weighted by Gasteiger charge is -2.70. The number of rotatable bonds is 9. The summed E-state index contributed by atoms with van der Waals surface area (Å²) >= 11 is 11.9. The number of carbonyl (C=O) groups is 2. The zero-order valence-corrected chi connectivity index (χ0v) is 29.1. The standard InChI is InChI=1S/C35H56Cl2O5/c1-22(11-10-15-31(2,3)40-9)23-12-17-35(8)30(23)24(41-28(38)20-36)19-26-33(6)16-14-27(42-29(39)21-37)32(4,5)25(33)13-18-34(26,35)7/h11,23-27,30H,10,12-21H2,1-9H3/b22-11-/t23-,24-,25+,26-,27+,30+,33+,34-,35-/m1/s1. The predicted molar refractivity (Wildman–Crippen MR) is 170 cm³/mol. The molecule has 0 heterocycles. The average Bonchev–Trinajstić information content (AvgIpc) is 3.30. The third-order valence-electron chi connectivity index (χ3n) is 13.4. The van der Waals surface area contributed by atoms with E-state index in [4.69, 9.17) is 37.4 Å². The Balaban J connectivity index is 1.69. The number of fused-ring (bicyclic) bond motifs is 5.